The van der Waals surface area contributed by atoms with E-state index >= 15 is 0 Å². The smallest absolute Gasteiger partial charge is 1.00 e. The van der Waals surface area contributed by atoms with Gasteiger partial charge in [-0.3, -0.25) is 0 Å². The molecule has 0 bridgehead atoms. The Balaban J connectivity index is 0. The molecule has 0 saturated carbocycles. The summed E-state index contributed by atoms with van der Waals surface area (Å²) in [7, 11) is 0. The molecule has 0 aliphatic rings. The zero-order valence-electron chi connectivity index (χ0n) is 8.50. The van der Waals surface area contributed by atoms with Crippen LogP contribution in [0.15, 0.2) is 22.0 Å². The molecule has 1 aromatic heterocycles. The maximum absolute atomic E-state index is 10.9. The van der Waals surface area contributed by atoms with Gasteiger partial charge < -0.3 is 17.1 Å². The van der Waals surface area contributed by atoms with E-state index in [4.69, 9.17) is 4.74 Å². The molecular weight excluding hydrogens is 294 g/mol. The Kier molecular flexibility index (Phi) is 11.2. The Hall–Kier alpha value is 0.277. The van der Waals surface area contributed by atoms with Crippen LogP contribution >= 0.6 is 27.3 Å². The first-order chi connectivity index (χ1) is 6.22. The molecule has 2 nitrogen and oxygen atoms in total. The van der Waals surface area contributed by atoms with E-state index in [9.17, 15) is 4.79 Å². The van der Waals surface area contributed by atoms with Gasteiger partial charge in [-0.2, -0.15) is 0 Å². The van der Waals surface area contributed by atoms with Crippen molar-refractivity contribution in [3.63, 3.8) is 0 Å². The number of carbonyl (C=O) groups is 1. The number of hydrogen-bond donors (Lipinski definition) is 0. The van der Waals surface area contributed by atoms with Crippen molar-refractivity contribution < 1.29 is 40.8 Å². The van der Waals surface area contributed by atoms with Crippen molar-refractivity contribution in [1.82, 2.24) is 0 Å². The van der Waals surface area contributed by atoms with Gasteiger partial charge in [0.25, 0.3) is 0 Å². The van der Waals surface area contributed by atoms with Crippen LogP contribution in [0.2, 0.25) is 0 Å². The maximum atomic E-state index is 10.9. The summed E-state index contributed by atoms with van der Waals surface area (Å²) in [4.78, 5) is 11.9. The average Bonchev–Trinajstić information content (AvgIpc) is 2.49. The molecule has 15 heavy (non-hydrogen) atoms. The summed E-state index contributed by atoms with van der Waals surface area (Å²) in [5, 5.41) is 1.96. The third-order valence-electron chi connectivity index (χ3n) is 1.26. The van der Waals surface area contributed by atoms with Gasteiger partial charge >= 0.3 is 24.8 Å². The summed E-state index contributed by atoms with van der Waals surface area (Å²) < 4.78 is 5.77. The topological polar surface area (TPSA) is 26.3 Å². The number of ether oxygens (including phenoxy) is 1. The van der Waals surface area contributed by atoms with E-state index in [2.05, 4.69) is 15.9 Å². The molecule has 0 N–H and O–H groups in total. The number of hydrogen-bond acceptors (Lipinski definition) is 3. The van der Waals surface area contributed by atoms with E-state index in [0.717, 1.165) is 9.35 Å². The van der Waals surface area contributed by atoms with Crippen LogP contribution in [0, 0.1) is 0 Å². The van der Waals surface area contributed by atoms with Crippen LogP contribution < -0.4 is 31.3 Å². The second-order valence-electron chi connectivity index (χ2n) is 2.25. The minimum atomic E-state index is -0.299. The minimum absolute atomic E-state index is 0. The average molecular weight is 304 g/mol. The van der Waals surface area contributed by atoms with Gasteiger partial charge in [-0.1, -0.05) is 0 Å². The molecule has 0 fully saturated rings. The van der Waals surface area contributed by atoms with Gasteiger partial charge in [0, 0.05) is 20.8 Å². The molecule has 0 aliphatic heterocycles. The van der Waals surface area contributed by atoms with Gasteiger partial charge in [0.1, 0.15) is 0 Å². The number of rotatable bonds is 3. The van der Waals surface area contributed by atoms with Crippen molar-refractivity contribution >= 4 is 39.3 Å². The number of halogens is 2. The van der Waals surface area contributed by atoms with Gasteiger partial charge in [-0.25, -0.2) is 4.79 Å². The molecule has 0 atom stereocenters. The predicted molar refractivity (Wildman–Crippen MR) is 57.7 cm³/mol. The van der Waals surface area contributed by atoms with E-state index in [-0.39, 0.29) is 37.2 Å². The third kappa shape index (κ3) is 7.21. The zero-order valence-corrected chi connectivity index (χ0v) is 11.7. The van der Waals surface area contributed by atoms with Crippen LogP contribution in [0.4, 0.5) is 0 Å². The molecule has 1 rings (SSSR count). The molecule has 1 aromatic rings. The number of thiophene rings is 1. The quantitative estimate of drug-likeness (QED) is 0.340. The van der Waals surface area contributed by atoms with Gasteiger partial charge in [-0.15, -0.1) is 11.3 Å². The second kappa shape index (κ2) is 9.50. The van der Waals surface area contributed by atoms with E-state index in [1.807, 2.05) is 11.4 Å². The van der Waals surface area contributed by atoms with Crippen LogP contribution in [0.25, 0.3) is 6.08 Å². The van der Waals surface area contributed by atoms with Crippen LogP contribution in [-0.4, -0.2) is 12.6 Å². The Morgan fingerprint density at radius 1 is 1.67 bits per heavy atom. The van der Waals surface area contributed by atoms with Crippen LogP contribution in [0.1, 0.15) is 11.8 Å². The van der Waals surface area contributed by atoms with E-state index < -0.39 is 0 Å². The van der Waals surface area contributed by atoms with E-state index in [1.54, 1.807) is 24.3 Å². The normalized spacial score (nSPS) is 9.20. The SMILES string of the molecule is CCOC(=O)/C=C/c1cc(Br)cs1.[Cl-].[Li+]. The minimum Gasteiger partial charge on any atom is -1.00 e. The molecule has 0 saturated heterocycles. The van der Waals surface area contributed by atoms with Gasteiger partial charge in [0.2, 0.25) is 0 Å². The summed E-state index contributed by atoms with van der Waals surface area (Å²) in [6.45, 7) is 2.20. The summed E-state index contributed by atoms with van der Waals surface area (Å²) >= 11 is 4.90. The Bertz CT molecular complexity index is 328. The van der Waals surface area contributed by atoms with Crippen LogP contribution in [-0.2, 0) is 9.53 Å². The number of carbonyl (C=O) groups excluding carboxylic acids is 1. The standard InChI is InChI=1S/C9H9BrO2S.ClH.Li/c1-2-12-9(11)4-3-8-5-7(10)6-13-8;;/h3-6H,2H2,1H3;1H;/q;;+1/p-1/b4-3+;;. The van der Waals surface area contributed by atoms with Crippen molar-refractivity contribution in [1.29, 1.82) is 0 Å². The van der Waals surface area contributed by atoms with E-state index in [0.29, 0.717) is 6.61 Å². The predicted octanol–water partition coefficient (Wildman–Crippen LogP) is -2.91. The summed E-state index contributed by atoms with van der Waals surface area (Å²) in [5.74, 6) is -0.299. The van der Waals surface area contributed by atoms with Gasteiger partial charge in [0.05, 0.1) is 6.61 Å². The molecule has 78 valence electrons. The molecule has 0 radical (unpaired) electrons. The first kappa shape index (κ1) is 17.7. The molecule has 1 heterocycles. The van der Waals surface area contributed by atoms with Crippen molar-refractivity contribution in [2.24, 2.45) is 0 Å². The van der Waals surface area contributed by atoms with E-state index in [1.165, 1.54) is 6.08 Å². The Morgan fingerprint density at radius 2 is 2.33 bits per heavy atom. The largest absolute Gasteiger partial charge is 1.00 e. The van der Waals surface area contributed by atoms with Crippen molar-refractivity contribution in [3.05, 3.63) is 26.9 Å². The fourth-order valence-corrected chi connectivity index (χ4v) is 2.09. The summed E-state index contributed by atoms with van der Waals surface area (Å²) in [6.07, 6.45) is 3.18. The molecule has 6 heteroatoms. The Morgan fingerprint density at radius 3 is 2.80 bits per heavy atom. The molecular formula is C9H9BrClLiO2S. The summed E-state index contributed by atoms with van der Waals surface area (Å²) in [6, 6.07) is 1.94. The van der Waals surface area contributed by atoms with Crippen molar-refractivity contribution in [2.45, 2.75) is 6.92 Å². The Labute approximate surface area is 120 Å². The van der Waals surface area contributed by atoms with Gasteiger partial charge in [0.15, 0.2) is 0 Å². The van der Waals surface area contributed by atoms with Crippen LogP contribution in [0.5, 0.6) is 0 Å². The molecule has 0 aromatic carbocycles. The van der Waals surface area contributed by atoms with Crippen molar-refractivity contribution in [3.8, 4) is 0 Å². The first-order valence-corrected chi connectivity index (χ1v) is 5.48. The molecule has 0 amide bonds. The second-order valence-corrected chi connectivity index (χ2v) is 4.11. The fraction of sp³-hybridized carbons (Fsp3) is 0.222. The van der Waals surface area contributed by atoms with Crippen LogP contribution in [0.3, 0.4) is 0 Å². The first-order valence-electron chi connectivity index (χ1n) is 3.81. The van der Waals surface area contributed by atoms with Gasteiger partial charge in [-0.05, 0) is 35.0 Å². The molecule has 0 unspecified atom stereocenters. The maximum Gasteiger partial charge on any atom is 1.00 e. The summed E-state index contributed by atoms with van der Waals surface area (Å²) in [5.41, 5.74) is 0. The fourth-order valence-electron chi connectivity index (χ4n) is 0.756. The number of esters is 1. The monoisotopic (exact) mass is 302 g/mol. The molecule has 0 aliphatic carbocycles. The molecule has 0 spiro atoms. The van der Waals surface area contributed by atoms with Crippen molar-refractivity contribution in [2.75, 3.05) is 6.61 Å². The zero-order chi connectivity index (χ0) is 9.68. The third-order valence-corrected chi connectivity index (χ3v) is 2.92.